The molecule has 1 aromatic heterocycles. The second-order valence-corrected chi connectivity index (χ2v) is 4.53. The molecule has 2 rings (SSSR count). The van der Waals surface area contributed by atoms with E-state index in [1.807, 2.05) is 0 Å². The highest BCUT2D eigenvalue weighted by Gasteiger charge is 2.37. The highest BCUT2D eigenvalue weighted by molar-refractivity contribution is 6.31. The number of carbonyl (C=O) groups is 1. The van der Waals surface area contributed by atoms with E-state index in [0.717, 1.165) is 0 Å². The van der Waals surface area contributed by atoms with Crippen molar-refractivity contribution in [2.24, 2.45) is 7.05 Å². The minimum Gasteiger partial charge on any atom is -0.481 e. The van der Waals surface area contributed by atoms with Crippen LogP contribution in [0.1, 0.15) is 12.0 Å². The van der Waals surface area contributed by atoms with Gasteiger partial charge in [0.1, 0.15) is 6.42 Å². The fourth-order valence-electron chi connectivity index (χ4n) is 1.93. The van der Waals surface area contributed by atoms with E-state index in [2.05, 4.69) is 0 Å². The molecule has 0 aliphatic rings. The zero-order valence-electron chi connectivity index (χ0n) is 9.45. The van der Waals surface area contributed by atoms with Crippen LogP contribution in [-0.2, 0) is 17.8 Å². The number of rotatable bonds is 3. The summed E-state index contributed by atoms with van der Waals surface area (Å²) in [5.41, 5.74) is 0.252. The quantitative estimate of drug-likeness (QED) is 0.931. The van der Waals surface area contributed by atoms with Crippen LogP contribution in [0.5, 0.6) is 0 Å². The van der Waals surface area contributed by atoms with E-state index in [0.29, 0.717) is 15.9 Å². The van der Waals surface area contributed by atoms with E-state index in [-0.39, 0.29) is 5.56 Å². The molecule has 0 saturated carbocycles. The van der Waals surface area contributed by atoms with Crippen molar-refractivity contribution in [1.29, 1.82) is 0 Å². The lowest BCUT2D eigenvalue weighted by Crippen LogP contribution is -2.18. The fraction of sp³-hybridized carbons (Fsp3) is 0.250. The molecule has 1 aromatic carbocycles. The molecule has 0 amide bonds. The van der Waals surface area contributed by atoms with Gasteiger partial charge in [-0.15, -0.1) is 0 Å². The van der Waals surface area contributed by atoms with Crippen molar-refractivity contribution in [3.63, 3.8) is 0 Å². The molecule has 0 unspecified atom stereocenters. The number of benzene rings is 1. The van der Waals surface area contributed by atoms with E-state index in [1.165, 1.54) is 22.9 Å². The van der Waals surface area contributed by atoms with Crippen LogP contribution in [-0.4, -0.2) is 15.6 Å². The lowest BCUT2D eigenvalue weighted by Gasteiger charge is -2.12. The number of hydrogen-bond donors (Lipinski definition) is 1. The maximum absolute atomic E-state index is 13.8. The topological polar surface area (TPSA) is 42.2 Å². The van der Waals surface area contributed by atoms with Crippen LogP contribution in [0.25, 0.3) is 10.9 Å². The van der Waals surface area contributed by atoms with Crippen molar-refractivity contribution in [3.05, 3.63) is 35.0 Å². The lowest BCUT2D eigenvalue weighted by molar-refractivity contribution is -0.145. The molecular weight excluding hydrogens is 264 g/mol. The number of alkyl halides is 2. The Morgan fingerprint density at radius 3 is 2.78 bits per heavy atom. The molecule has 6 heteroatoms. The molecule has 0 fully saturated rings. The van der Waals surface area contributed by atoms with Crippen molar-refractivity contribution in [2.45, 2.75) is 12.3 Å². The molecule has 1 heterocycles. The van der Waals surface area contributed by atoms with E-state index in [9.17, 15) is 13.6 Å². The molecule has 96 valence electrons. The summed E-state index contributed by atoms with van der Waals surface area (Å²) in [6.45, 7) is 0. The first-order valence-electron chi connectivity index (χ1n) is 5.16. The molecule has 0 saturated heterocycles. The summed E-state index contributed by atoms with van der Waals surface area (Å²) in [5, 5.41) is 9.28. The minimum atomic E-state index is -3.40. The summed E-state index contributed by atoms with van der Waals surface area (Å²) >= 11 is 5.80. The van der Waals surface area contributed by atoms with Gasteiger partial charge in [0.2, 0.25) is 0 Å². The second-order valence-electron chi connectivity index (χ2n) is 4.09. The molecular formula is C12H10ClF2NO2. The van der Waals surface area contributed by atoms with Gasteiger partial charge in [0.15, 0.2) is 0 Å². The predicted octanol–water partition coefficient (Wildman–Crippen LogP) is 3.40. The number of carboxylic acid groups (broad SMARTS) is 1. The lowest BCUT2D eigenvalue weighted by atomic mass is 10.0. The summed E-state index contributed by atoms with van der Waals surface area (Å²) in [5.74, 6) is -4.94. The first-order valence-corrected chi connectivity index (χ1v) is 5.54. The zero-order chi connectivity index (χ0) is 13.5. The molecule has 0 spiro atoms. The standard InChI is InChI=1S/C12H10ClF2NO2/c1-16-6-9(12(14,15)5-11(17)18)8-3-2-7(13)4-10(8)16/h2-4,6H,5H2,1H3,(H,17,18). The van der Waals surface area contributed by atoms with Gasteiger partial charge in [-0.25, -0.2) is 8.78 Å². The van der Waals surface area contributed by atoms with Crippen molar-refractivity contribution in [3.8, 4) is 0 Å². The number of aromatic nitrogens is 1. The smallest absolute Gasteiger partial charge is 0.309 e. The molecule has 0 bridgehead atoms. The summed E-state index contributed by atoms with van der Waals surface area (Å²) in [7, 11) is 1.61. The minimum absolute atomic E-state index is 0.293. The Morgan fingerprint density at radius 2 is 2.17 bits per heavy atom. The monoisotopic (exact) mass is 273 g/mol. The third-order valence-corrected chi connectivity index (χ3v) is 2.96. The van der Waals surface area contributed by atoms with Gasteiger partial charge in [-0.05, 0) is 12.1 Å². The molecule has 1 N–H and O–H groups in total. The van der Waals surface area contributed by atoms with Gasteiger partial charge in [-0.2, -0.15) is 0 Å². The van der Waals surface area contributed by atoms with Gasteiger partial charge in [-0.3, -0.25) is 4.79 Å². The highest BCUT2D eigenvalue weighted by atomic mass is 35.5. The number of aliphatic carboxylic acids is 1. The first-order chi connectivity index (χ1) is 8.31. The molecule has 3 nitrogen and oxygen atoms in total. The van der Waals surface area contributed by atoms with Crippen LogP contribution in [0, 0.1) is 0 Å². The van der Waals surface area contributed by atoms with E-state index in [1.54, 1.807) is 13.1 Å². The molecule has 0 radical (unpaired) electrons. The number of hydrogen-bond acceptors (Lipinski definition) is 1. The maximum atomic E-state index is 13.8. The van der Waals surface area contributed by atoms with Gasteiger partial charge in [0.05, 0.1) is 0 Å². The van der Waals surface area contributed by atoms with Crippen LogP contribution in [0.3, 0.4) is 0 Å². The normalized spacial score (nSPS) is 12.0. The number of halogens is 3. The number of carboxylic acids is 1. The summed E-state index contributed by atoms with van der Waals surface area (Å²) in [6, 6.07) is 4.55. The largest absolute Gasteiger partial charge is 0.481 e. The van der Waals surface area contributed by atoms with Gasteiger partial charge in [0, 0.05) is 34.7 Å². The van der Waals surface area contributed by atoms with Crippen LogP contribution in [0.2, 0.25) is 5.02 Å². The Balaban J connectivity index is 2.62. The maximum Gasteiger partial charge on any atom is 0.309 e. The van der Waals surface area contributed by atoms with E-state index in [4.69, 9.17) is 16.7 Å². The Hall–Kier alpha value is -1.62. The van der Waals surface area contributed by atoms with Gasteiger partial charge >= 0.3 is 5.97 Å². The highest BCUT2D eigenvalue weighted by Crippen LogP contribution is 2.38. The van der Waals surface area contributed by atoms with Crippen LogP contribution >= 0.6 is 11.6 Å². The second kappa shape index (κ2) is 4.24. The van der Waals surface area contributed by atoms with Crippen LogP contribution < -0.4 is 0 Å². The summed E-state index contributed by atoms with van der Waals surface area (Å²) in [4.78, 5) is 10.5. The van der Waals surface area contributed by atoms with Crippen LogP contribution in [0.15, 0.2) is 24.4 Å². The van der Waals surface area contributed by atoms with Gasteiger partial charge < -0.3 is 9.67 Å². The van der Waals surface area contributed by atoms with Crippen LogP contribution in [0.4, 0.5) is 8.78 Å². The Bertz CT molecular complexity index is 622. The SMILES string of the molecule is Cn1cc(C(F)(F)CC(=O)O)c2ccc(Cl)cc21. The first kappa shape index (κ1) is 12.8. The Kier molecular flexibility index (Phi) is 3.02. The Labute approximate surface area is 107 Å². The van der Waals surface area contributed by atoms with Crippen molar-refractivity contribution in [2.75, 3.05) is 0 Å². The van der Waals surface area contributed by atoms with Crippen molar-refractivity contribution < 1.29 is 18.7 Å². The number of fused-ring (bicyclic) bond motifs is 1. The third-order valence-electron chi connectivity index (χ3n) is 2.72. The zero-order valence-corrected chi connectivity index (χ0v) is 10.2. The molecule has 18 heavy (non-hydrogen) atoms. The van der Waals surface area contributed by atoms with Crippen molar-refractivity contribution >= 4 is 28.5 Å². The molecule has 0 aliphatic heterocycles. The van der Waals surface area contributed by atoms with E-state index < -0.39 is 18.3 Å². The molecule has 0 atom stereocenters. The van der Waals surface area contributed by atoms with Gasteiger partial charge in [0.25, 0.3) is 5.92 Å². The van der Waals surface area contributed by atoms with E-state index >= 15 is 0 Å². The fourth-order valence-corrected chi connectivity index (χ4v) is 2.10. The number of nitrogens with zero attached hydrogens (tertiary/aromatic N) is 1. The Morgan fingerprint density at radius 1 is 1.50 bits per heavy atom. The predicted molar refractivity (Wildman–Crippen MR) is 64.1 cm³/mol. The van der Waals surface area contributed by atoms with Crippen molar-refractivity contribution in [1.82, 2.24) is 4.57 Å². The molecule has 0 aliphatic carbocycles. The average molecular weight is 274 g/mol. The third kappa shape index (κ3) is 2.18. The average Bonchev–Trinajstić information content (AvgIpc) is 2.55. The number of aryl methyl sites for hydroxylation is 1. The summed E-state index contributed by atoms with van der Waals surface area (Å²) < 4.78 is 29.2. The van der Waals surface area contributed by atoms with Gasteiger partial charge in [-0.1, -0.05) is 17.7 Å². The summed E-state index contributed by atoms with van der Waals surface area (Å²) in [6.07, 6.45) is 0.0126. The molecule has 2 aromatic rings.